The Balaban J connectivity index is 2.38. The van der Waals surface area contributed by atoms with Crippen molar-refractivity contribution in [2.75, 3.05) is 0 Å². The third kappa shape index (κ3) is 3.57. The van der Waals surface area contributed by atoms with Crippen molar-refractivity contribution in [2.45, 2.75) is 52.1 Å². The minimum absolute atomic E-state index is 0.143. The van der Waals surface area contributed by atoms with E-state index in [1.165, 1.54) is 5.52 Å². The lowest BCUT2D eigenvalue weighted by molar-refractivity contribution is 0.464. The van der Waals surface area contributed by atoms with Crippen LogP contribution in [0.2, 0.25) is 0 Å². The highest BCUT2D eigenvalue weighted by Gasteiger charge is 2.15. The van der Waals surface area contributed by atoms with E-state index in [1.54, 1.807) is 0 Å². The molecule has 0 unspecified atom stereocenters. The van der Waals surface area contributed by atoms with Crippen LogP contribution in [0.15, 0.2) is 22.7 Å². The van der Waals surface area contributed by atoms with Gasteiger partial charge in [-0.25, -0.2) is 4.98 Å². The van der Waals surface area contributed by atoms with Crippen molar-refractivity contribution in [1.82, 2.24) is 9.55 Å². The molecular weight excluding hydrogens is 302 g/mol. The van der Waals surface area contributed by atoms with Crippen LogP contribution >= 0.6 is 15.9 Å². The van der Waals surface area contributed by atoms with Gasteiger partial charge in [0.2, 0.25) is 0 Å². The lowest BCUT2D eigenvalue weighted by Gasteiger charge is -2.18. The van der Waals surface area contributed by atoms with Gasteiger partial charge in [0.05, 0.1) is 11.0 Å². The van der Waals surface area contributed by atoms with Gasteiger partial charge in [-0.15, -0.1) is 0 Å². The van der Waals surface area contributed by atoms with Gasteiger partial charge in [0.15, 0.2) is 0 Å². The predicted molar refractivity (Wildman–Crippen MR) is 84.3 cm³/mol. The smallest absolute Gasteiger partial charge is 0.109 e. The van der Waals surface area contributed by atoms with Crippen molar-refractivity contribution in [3.63, 3.8) is 0 Å². The maximum atomic E-state index is 6.08. The molecule has 2 rings (SSSR count). The van der Waals surface area contributed by atoms with Gasteiger partial charge >= 0.3 is 0 Å². The molecule has 0 radical (unpaired) electrons. The van der Waals surface area contributed by atoms with Gasteiger partial charge in [-0.3, -0.25) is 0 Å². The fraction of sp³-hybridized carbons (Fsp3) is 0.533. The van der Waals surface area contributed by atoms with Crippen LogP contribution in [-0.4, -0.2) is 15.1 Å². The third-order valence-electron chi connectivity index (χ3n) is 3.23. The van der Waals surface area contributed by atoms with E-state index in [1.807, 2.05) is 0 Å². The van der Waals surface area contributed by atoms with Crippen molar-refractivity contribution in [3.8, 4) is 0 Å². The first-order valence-corrected chi connectivity index (χ1v) is 7.63. The molecule has 0 aliphatic heterocycles. The van der Waals surface area contributed by atoms with Crippen LogP contribution in [0.5, 0.6) is 0 Å². The number of nitrogens with zero attached hydrogens (tertiary/aromatic N) is 2. The van der Waals surface area contributed by atoms with Gasteiger partial charge in [-0.2, -0.15) is 0 Å². The van der Waals surface area contributed by atoms with E-state index in [0.29, 0.717) is 0 Å². The van der Waals surface area contributed by atoms with Crippen LogP contribution < -0.4 is 5.73 Å². The maximum Gasteiger partial charge on any atom is 0.109 e. The molecule has 4 heteroatoms. The molecule has 1 heterocycles. The topological polar surface area (TPSA) is 43.8 Å². The highest BCUT2D eigenvalue weighted by atomic mass is 79.9. The summed E-state index contributed by atoms with van der Waals surface area (Å²) in [6.45, 7) is 7.34. The number of benzene rings is 1. The molecule has 0 fully saturated rings. The predicted octanol–water partition coefficient (Wildman–Crippen LogP) is 3.88. The lowest BCUT2D eigenvalue weighted by Crippen LogP contribution is -2.32. The Hall–Kier alpha value is -0.870. The average molecular weight is 324 g/mol. The van der Waals surface area contributed by atoms with Crippen molar-refractivity contribution >= 4 is 27.0 Å². The summed E-state index contributed by atoms with van der Waals surface area (Å²) < 4.78 is 3.40. The van der Waals surface area contributed by atoms with Crippen molar-refractivity contribution in [2.24, 2.45) is 5.73 Å². The molecule has 104 valence electrons. The zero-order chi connectivity index (χ0) is 14.0. The average Bonchev–Trinajstić information content (AvgIpc) is 2.64. The van der Waals surface area contributed by atoms with Gasteiger partial charge < -0.3 is 10.3 Å². The highest BCUT2D eigenvalue weighted by molar-refractivity contribution is 9.10. The van der Waals surface area contributed by atoms with E-state index in [0.717, 1.165) is 41.6 Å². The Labute approximate surface area is 123 Å². The summed E-state index contributed by atoms with van der Waals surface area (Å²) in [4.78, 5) is 4.77. The summed E-state index contributed by atoms with van der Waals surface area (Å²) in [7, 11) is 0. The summed E-state index contributed by atoms with van der Waals surface area (Å²) in [5.74, 6) is 1.15. The summed E-state index contributed by atoms with van der Waals surface area (Å²) in [5, 5.41) is 0. The maximum absolute atomic E-state index is 6.08. The number of hydrogen-bond acceptors (Lipinski definition) is 2. The Bertz CT molecular complexity index is 567. The molecule has 2 aromatic rings. The Morgan fingerprint density at radius 3 is 2.74 bits per heavy atom. The number of aryl methyl sites for hydroxylation is 2. The molecule has 0 atom stereocenters. The number of rotatable bonds is 5. The van der Waals surface area contributed by atoms with Gasteiger partial charge in [0.1, 0.15) is 5.82 Å². The first-order valence-electron chi connectivity index (χ1n) is 6.84. The van der Waals surface area contributed by atoms with Crippen molar-refractivity contribution < 1.29 is 0 Å². The summed E-state index contributed by atoms with van der Waals surface area (Å²) in [5.41, 5.74) is 8.22. The van der Waals surface area contributed by atoms with Crippen LogP contribution in [0.1, 0.15) is 39.4 Å². The second-order valence-corrected chi connectivity index (χ2v) is 6.72. The molecular formula is C15H22BrN3. The quantitative estimate of drug-likeness (QED) is 0.907. The molecule has 1 aromatic carbocycles. The van der Waals surface area contributed by atoms with Gasteiger partial charge in [-0.05, 0) is 44.9 Å². The molecule has 0 amide bonds. The molecule has 3 nitrogen and oxygen atoms in total. The second kappa shape index (κ2) is 5.63. The molecule has 0 aliphatic carbocycles. The number of imidazole rings is 1. The molecule has 0 saturated heterocycles. The Morgan fingerprint density at radius 1 is 1.37 bits per heavy atom. The lowest BCUT2D eigenvalue weighted by atomic mass is 10.00. The third-order valence-corrected chi connectivity index (χ3v) is 3.72. The van der Waals surface area contributed by atoms with E-state index in [2.05, 4.69) is 59.5 Å². The first kappa shape index (κ1) is 14.5. The zero-order valence-electron chi connectivity index (χ0n) is 11.9. The van der Waals surface area contributed by atoms with E-state index in [9.17, 15) is 0 Å². The molecule has 2 N–H and O–H groups in total. The molecule has 0 bridgehead atoms. The first-order chi connectivity index (χ1) is 8.90. The van der Waals surface area contributed by atoms with E-state index >= 15 is 0 Å². The molecule has 0 spiro atoms. The second-order valence-electron chi connectivity index (χ2n) is 5.80. The van der Waals surface area contributed by atoms with Crippen LogP contribution in [-0.2, 0) is 13.0 Å². The minimum Gasteiger partial charge on any atom is -0.328 e. The van der Waals surface area contributed by atoms with E-state index in [-0.39, 0.29) is 5.54 Å². The molecule has 1 aromatic heterocycles. The number of fused-ring (bicyclic) bond motifs is 1. The van der Waals surface area contributed by atoms with E-state index < -0.39 is 0 Å². The summed E-state index contributed by atoms with van der Waals surface area (Å²) >= 11 is 3.51. The van der Waals surface area contributed by atoms with Crippen LogP contribution in [0, 0.1) is 0 Å². The Kier molecular flexibility index (Phi) is 4.31. The zero-order valence-corrected chi connectivity index (χ0v) is 13.5. The fourth-order valence-electron chi connectivity index (χ4n) is 2.25. The Morgan fingerprint density at radius 2 is 2.11 bits per heavy atom. The van der Waals surface area contributed by atoms with E-state index in [4.69, 9.17) is 10.7 Å². The fourth-order valence-corrected chi connectivity index (χ4v) is 2.60. The number of nitrogens with two attached hydrogens (primary N) is 1. The SMILES string of the molecule is CCCn1c(CCC(C)(C)N)nc2cc(Br)ccc21. The van der Waals surface area contributed by atoms with Gasteiger partial charge in [-0.1, -0.05) is 22.9 Å². The highest BCUT2D eigenvalue weighted by Crippen LogP contribution is 2.22. The molecule has 0 aliphatic rings. The van der Waals surface area contributed by atoms with Crippen LogP contribution in [0.4, 0.5) is 0 Å². The standard InChI is InChI=1S/C15H22BrN3/c1-4-9-19-13-6-5-11(16)10-12(13)18-14(19)7-8-15(2,3)17/h5-6,10H,4,7-9,17H2,1-3H3. The largest absolute Gasteiger partial charge is 0.328 e. The normalized spacial score (nSPS) is 12.3. The number of hydrogen-bond donors (Lipinski definition) is 1. The number of aromatic nitrogens is 2. The molecule has 0 saturated carbocycles. The van der Waals surface area contributed by atoms with Gasteiger partial charge in [0, 0.05) is 23.0 Å². The van der Waals surface area contributed by atoms with Crippen LogP contribution in [0.3, 0.4) is 0 Å². The summed E-state index contributed by atoms with van der Waals surface area (Å²) in [6, 6.07) is 6.30. The molecule has 19 heavy (non-hydrogen) atoms. The van der Waals surface area contributed by atoms with Gasteiger partial charge in [0.25, 0.3) is 0 Å². The van der Waals surface area contributed by atoms with Crippen molar-refractivity contribution in [3.05, 3.63) is 28.5 Å². The van der Waals surface area contributed by atoms with Crippen LogP contribution in [0.25, 0.3) is 11.0 Å². The summed E-state index contributed by atoms with van der Waals surface area (Å²) in [6.07, 6.45) is 2.98. The number of halogens is 1. The van der Waals surface area contributed by atoms with Crippen molar-refractivity contribution in [1.29, 1.82) is 0 Å². The monoisotopic (exact) mass is 323 g/mol. The minimum atomic E-state index is -0.143.